The summed E-state index contributed by atoms with van der Waals surface area (Å²) in [6.07, 6.45) is 11.3. The molecule has 0 fully saturated rings. The van der Waals surface area contributed by atoms with Gasteiger partial charge in [-0.25, -0.2) is 0 Å². The van der Waals surface area contributed by atoms with Crippen molar-refractivity contribution in [3.8, 4) is 0 Å². The molecule has 1 atom stereocenters. The van der Waals surface area contributed by atoms with Crippen LogP contribution in [0.3, 0.4) is 0 Å². The molecule has 0 aromatic rings. The average Bonchev–Trinajstić information content (AvgIpc) is 2.45. The first-order valence-corrected chi connectivity index (χ1v) is 8.75. The van der Waals surface area contributed by atoms with Crippen molar-refractivity contribution in [1.29, 1.82) is 0 Å². The number of hydrogen-bond acceptors (Lipinski definition) is 3. The van der Waals surface area contributed by atoms with Gasteiger partial charge in [-0.1, -0.05) is 46.0 Å². The number of aliphatic hydroxyl groups excluding tert-OH is 2. The second kappa shape index (κ2) is 15.3. The van der Waals surface area contributed by atoms with E-state index >= 15 is 0 Å². The van der Waals surface area contributed by atoms with Crippen molar-refractivity contribution in [1.82, 2.24) is 4.90 Å². The normalized spacial score (nSPS) is 13.1. The second-order valence-electron chi connectivity index (χ2n) is 5.94. The van der Waals surface area contributed by atoms with Crippen LogP contribution in [0.4, 0.5) is 0 Å². The zero-order valence-corrected chi connectivity index (χ0v) is 13.8. The van der Waals surface area contributed by atoms with E-state index in [1.165, 1.54) is 25.7 Å². The van der Waals surface area contributed by atoms with Gasteiger partial charge in [0, 0.05) is 13.2 Å². The fourth-order valence-corrected chi connectivity index (χ4v) is 2.51. The minimum atomic E-state index is -0.168. The van der Waals surface area contributed by atoms with Gasteiger partial charge < -0.3 is 15.1 Å². The Bertz CT molecular complexity index is 176. The highest BCUT2D eigenvalue weighted by molar-refractivity contribution is 4.65. The Balaban J connectivity index is 3.89. The summed E-state index contributed by atoms with van der Waals surface area (Å²) in [7, 11) is 0. The Morgan fingerprint density at radius 1 is 0.800 bits per heavy atom. The van der Waals surface area contributed by atoms with Gasteiger partial charge in [-0.3, -0.25) is 0 Å². The highest BCUT2D eigenvalue weighted by Crippen LogP contribution is 2.08. The van der Waals surface area contributed by atoms with E-state index < -0.39 is 0 Å². The molecule has 0 radical (unpaired) electrons. The Morgan fingerprint density at radius 2 is 1.40 bits per heavy atom. The van der Waals surface area contributed by atoms with Gasteiger partial charge in [-0.05, 0) is 45.2 Å². The van der Waals surface area contributed by atoms with E-state index in [0.29, 0.717) is 6.61 Å². The van der Waals surface area contributed by atoms with Gasteiger partial charge in [0.2, 0.25) is 0 Å². The van der Waals surface area contributed by atoms with Gasteiger partial charge in [-0.15, -0.1) is 0 Å². The van der Waals surface area contributed by atoms with Crippen LogP contribution in [0.1, 0.15) is 78.1 Å². The van der Waals surface area contributed by atoms with Gasteiger partial charge in [0.05, 0.1) is 6.10 Å². The summed E-state index contributed by atoms with van der Waals surface area (Å²) in [6.45, 7) is 7.71. The first-order chi connectivity index (χ1) is 9.74. The van der Waals surface area contributed by atoms with Crippen LogP contribution in [-0.2, 0) is 0 Å². The van der Waals surface area contributed by atoms with Crippen LogP contribution in [-0.4, -0.2) is 47.5 Å². The predicted octanol–water partition coefficient (Wildman–Crippen LogP) is 3.58. The third-order valence-electron chi connectivity index (χ3n) is 3.82. The SMILES string of the molecule is CCCCCCN(CCCCCO)CC(O)CCCC. The first-order valence-electron chi connectivity index (χ1n) is 8.75. The average molecular weight is 287 g/mol. The van der Waals surface area contributed by atoms with E-state index in [0.717, 1.165) is 58.2 Å². The molecular weight excluding hydrogens is 250 g/mol. The lowest BCUT2D eigenvalue weighted by Gasteiger charge is -2.25. The Morgan fingerprint density at radius 3 is 1.95 bits per heavy atom. The van der Waals surface area contributed by atoms with Crippen LogP contribution in [0.2, 0.25) is 0 Å². The van der Waals surface area contributed by atoms with Crippen LogP contribution < -0.4 is 0 Å². The van der Waals surface area contributed by atoms with Gasteiger partial charge in [0.25, 0.3) is 0 Å². The molecule has 0 saturated carbocycles. The molecule has 1 unspecified atom stereocenters. The van der Waals surface area contributed by atoms with E-state index in [2.05, 4.69) is 18.7 Å². The summed E-state index contributed by atoms with van der Waals surface area (Å²) >= 11 is 0. The second-order valence-corrected chi connectivity index (χ2v) is 5.94. The molecule has 3 nitrogen and oxygen atoms in total. The van der Waals surface area contributed by atoms with Crippen molar-refractivity contribution in [2.24, 2.45) is 0 Å². The summed E-state index contributed by atoms with van der Waals surface area (Å²) in [5.74, 6) is 0. The molecule has 2 N–H and O–H groups in total. The predicted molar refractivity (Wildman–Crippen MR) is 87.1 cm³/mol. The molecule has 0 aromatic carbocycles. The number of aliphatic hydroxyl groups is 2. The lowest BCUT2D eigenvalue weighted by atomic mass is 10.1. The van der Waals surface area contributed by atoms with E-state index in [1.807, 2.05) is 0 Å². The minimum Gasteiger partial charge on any atom is -0.396 e. The van der Waals surface area contributed by atoms with E-state index in [4.69, 9.17) is 5.11 Å². The van der Waals surface area contributed by atoms with Crippen LogP contribution >= 0.6 is 0 Å². The molecule has 0 aliphatic carbocycles. The number of unbranched alkanes of at least 4 members (excludes halogenated alkanes) is 6. The highest BCUT2D eigenvalue weighted by atomic mass is 16.3. The Kier molecular flexibility index (Phi) is 15.2. The molecule has 0 aliphatic heterocycles. The van der Waals surface area contributed by atoms with E-state index in [9.17, 15) is 5.11 Å². The first kappa shape index (κ1) is 19.9. The summed E-state index contributed by atoms with van der Waals surface area (Å²) in [6, 6.07) is 0. The topological polar surface area (TPSA) is 43.7 Å². The summed E-state index contributed by atoms with van der Waals surface area (Å²) in [5, 5.41) is 18.9. The fourth-order valence-electron chi connectivity index (χ4n) is 2.51. The minimum absolute atomic E-state index is 0.168. The van der Waals surface area contributed by atoms with Crippen molar-refractivity contribution in [2.75, 3.05) is 26.2 Å². The van der Waals surface area contributed by atoms with Gasteiger partial charge in [0.15, 0.2) is 0 Å². The summed E-state index contributed by atoms with van der Waals surface area (Å²) in [5.41, 5.74) is 0. The molecule has 122 valence electrons. The lowest BCUT2D eigenvalue weighted by Crippen LogP contribution is -2.34. The van der Waals surface area contributed by atoms with Crippen molar-refractivity contribution < 1.29 is 10.2 Å². The molecule has 0 amide bonds. The van der Waals surface area contributed by atoms with Crippen LogP contribution in [0.15, 0.2) is 0 Å². The zero-order valence-electron chi connectivity index (χ0n) is 13.8. The summed E-state index contributed by atoms with van der Waals surface area (Å²) in [4.78, 5) is 2.42. The monoisotopic (exact) mass is 287 g/mol. The maximum Gasteiger partial charge on any atom is 0.0667 e. The van der Waals surface area contributed by atoms with E-state index in [-0.39, 0.29) is 6.10 Å². The fraction of sp³-hybridized carbons (Fsp3) is 1.00. The molecule has 0 aromatic heterocycles. The number of hydrogen-bond donors (Lipinski definition) is 2. The third-order valence-corrected chi connectivity index (χ3v) is 3.82. The van der Waals surface area contributed by atoms with Gasteiger partial charge >= 0.3 is 0 Å². The maximum atomic E-state index is 10.1. The quantitative estimate of drug-likeness (QED) is 0.452. The summed E-state index contributed by atoms with van der Waals surface area (Å²) < 4.78 is 0. The molecule has 0 heterocycles. The van der Waals surface area contributed by atoms with Crippen molar-refractivity contribution in [2.45, 2.75) is 84.2 Å². The standard InChI is InChI=1S/C17H37NO2/c1-3-5-7-9-13-18(14-10-8-11-15-19)16-17(20)12-6-4-2/h17,19-20H,3-16H2,1-2H3. The van der Waals surface area contributed by atoms with Crippen molar-refractivity contribution in [3.63, 3.8) is 0 Å². The van der Waals surface area contributed by atoms with E-state index in [1.54, 1.807) is 0 Å². The van der Waals surface area contributed by atoms with Gasteiger partial charge in [0.1, 0.15) is 0 Å². The molecule has 0 aliphatic rings. The molecule has 0 spiro atoms. The Hall–Kier alpha value is -0.120. The zero-order chi connectivity index (χ0) is 15.1. The van der Waals surface area contributed by atoms with Crippen LogP contribution in [0, 0.1) is 0 Å². The highest BCUT2D eigenvalue weighted by Gasteiger charge is 2.11. The molecule has 3 heteroatoms. The van der Waals surface area contributed by atoms with Crippen molar-refractivity contribution >= 4 is 0 Å². The van der Waals surface area contributed by atoms with Crippen LogP contribution in [0.25, 0.3) is 0 Å². The largest absolute Gasteiger partial charge is 0.396 e. The third kappa shape index (κ3) is 12.9. The Labute approximate surface area is 126 Å². The lowest BCUT2D eigenvalue weighted by molar-refractivity contribution is 0.101. The van der Waals surface area contributed by atoms with Crippen LogP contribution in [0.5, 0.6) is 0 Å². The number of rotatable bonds is 15. The number of nitrogens with zero attached hydrogens (tertiary/aromatic N) is 1. The molecule has 20 heavy (non-hydrogen) atoms. The molecule has 0 saturated heterocycles. The maximum absolute atomic E-state index is 10.1. The molecular formula is C17H37NO2. The van der Waals surface area contributed by atoms with Crippen molar-refractivity contribution in [3.05, 3.63) is 0 Å². The molecule has 0 rings (SSSR count). The smallest absolute Gasteiger partial charge is 0.0667 e. The molecule has 0 bridgehead atoms. The van der Waals surface area contributed by atoms with Gasteiger partial charge in [-0.2, -0.15) is 0 Å².